The van der Waals surface area contributed by atoms with Crippen molar-refractivity contribution >= 4 is 86.1 Å². The first-order chi connectivity index (χ1) is 17.8. The SMILES string of the molecule is O=C(Nc1ccc(Cl)c(Cl)c1)NN1C(=O)/C(=C/c2cn(Cc3ccc(F)cc3)c3ccccc23)SC1=S. The fourth-order valence-electron chi connectivity index (χ4n) is 3.85. The molecule has 0 spiro atoms. The van der Waals surface area contributed by atoms with Crippen LogP contribution in [0.15, 0.2) is 77.8 Å². The molecule has 2 heterocycles. The summed E-state index contributed by atoms with van der Waals surface area (Å²) in [5.41, 5.74) is 5.61. The van der Waals surface area contributed by atoms with Crippen molar-refractivity contribution in [3.05, 3.63) is 105 Å². The molecule has 0 atom stereocenters. The molecule has 3 aromatic carbocycles. The standard InChI is InChI=1S/C26H17Cl2FN4O2S2/c27-20-10-9-18(12-21(20)28)30-25(35)31-33-24(34)23(37-26(33)36)11-16-14-32(22-4-2-1-3-19(16)22)13-15-5-7-17(29)8-6-15/h1-12,14H,13H2,(H2,30,31,35)/b23-11-. The van der Waals surface area contributed by atoms with Crippen LogP contribution in [0.5, 0.6) is 0 Å². The van der Waals surface area contributed by atoms with Crippen molar-refractivity contribution in [1.29, 1.82) is 0 Å². The smallest absolute Gasteiger partial charge is 0.338 e. The molecule has 4 aromatic rings. The summed E-state index contributed by atoms with van der Waals surface area (Å²) in [4.78, 5) is 26.0. The summed E-state index contributed by atoms with van der Waals surface area (Å²) in [7, 11) is 0. The third-order valence-electron chi connectivity index (χ3n) is 5.56. The highest BCUT2D eigenvalue weighted by Gasteiger charge is 2.34. The molecule has 6 nitrogen and oxygen atoms in total. The number of fused-ring (bicyclic) bond motifs is 1. The highest BCUT2D eigenvalue weighted by Crippen LogP contribution is 2.34. The Morgan fingerprint density at radius 1 is 1.05 bits per heavy atom. The molecule has 186 valence electrons. The lowest BCUT2D eigenvalue weighted by Gasteiger charge is -2.16. The molecule has 0 bridgehead atoms. The normalized spacial score (nSPS) is 14.6. The Morgan fingerprint density at radius 2 is 1.81 bits per heavy atom. The van der Waals surface area contributed by atoms with Crippen LogP contribution in [0.4, 0.5) is 14.9 Å². The second kappa shape index (κ2) is 10.5. The predicted molar refractivity (Wildman–Crippen MR) is 151 cm³/mol. The molecule has 37 heavy (non-hydrogen) atoms. The maximum Gasteiger partial charge on any atom is 0.338 e. The topological polar surface area (TPSA) is 66.4 Å². The number of halogens is 3. The number of rotatable bonds is 5. The van der Waals surface area contributed by atoms with Gasteiger partial charge in [0.2, 0.25) is 0 Å². The summed E-state index contributed by atoms with van der Waals surface area (Å²) < 4.78 is 15.6. The van der Waals surface area contributed by atoms with Crippen molar-refractivity contribution in [1.82, 2.24) is 15.0 Å². The minimum absolute atomic E-state index is 0.190. The number of para-hydroxylation sites is 1. The lowest BCUT2D eigenvalue weighted by Crippen LogP contribution is -2.46. The van der Waals surface area contributed by atoms with Gasteiger partial charge >= 0.3 is 6.03 Å². The number of hydrazine groups is 1. The average molecular weight is 571 g/mol. The van der Waals surface area contributed by atoms with Gasteiger partial charge in [0.05, 0.1) is 15.0 Å². The van der Waals surface area contributed by atoms with Gasteiger partial charge in [-0.05, 0) is 60.3 Å². The van der Waals surface area contributed by atoms with Crippen molar-refractivity contribution < 1.29 is 14.0 Å². The monoisotopic (exact) mass is 570 g/mol. The zero-order chi connectivity index (χ0) is 26.1. The molecule has 1 saturated heterocycles. The van der Waals surface area contributed by atoms with Gasteiger partial charge in [-0.15, -0.1) is 0 Å². The molecule has 3 amide bonds. The molecule has 0 saturated carbocycles. The molecule has 5 rings (SSSR count). The summed E-state index contributed by atoms with van der Waals surface area (Å²) in [5, 5.41) is 5.20. The zero-order valence-electron chi connectivity index (χ0n) is 18.9. The molecular weight excluding hydrogens is 554 g/mol. The Morgan fingerprint density at radius 3 is 2.57 bits per heavy atom. The number of nitrogens with one attached hydrogen (secondary N) is 2. The van der Waals surface area contributed by atoms with E-state index in [0.29, 0.717) is 22.2 Å². The molecule has 1 aliphatic heterocycles. The lowest BCUT2D eigenvalue weighted by atomic mass is 10.1. The van der Waals surface area contributed by atoms with Gasteiger partial charge in [-0.25, -0.2) is 14.6 Å². The van der Waals surface area contributed by atoms with Crippen LogP contribution in [0.25, 0.3) is 17.0 Å². The molecule has 2 N–H and O–H groups in total. The van der Waals surface area contributed by atoms with Gasteiger partial charge in [0.15, 0.2) is 4.32 Å². The number of hydrogen-bond donors (Lipinski definition) is 2. The average Bonchev–Trinajstić information content (AvgIpc) is 3.35. The van der Waals surface area contributed by atoms with Gasteiger partial charge in [-0.2, -0.15) is 5.01 Å². The van der Waals surface area contributed by atoms with Crippen LogP contribution in [0.2, 0.25) is 10.0 Å². The van der Waals surface area contributed by atoms with Crippen LogP contribution >= 0.6 is 47.2 Å². The molecule has 1 fully saturated rings. The molecular formula is C26H17Cl2FN4O2S2. The van der Waals surface area contributed by atoms with Gasteiger partial charge in [0, 0.05) is 34.9 Å². The Labute approximate surface area is 231 Å². The molecule has 0 radical (unpaired) electrons. The van der Waals surface area contributed by atoms with E-state index in [2.05, 4.69) is 10.7 Å². The van der Waals surface area contributed by atoms with E-state index in [9.17, 15) is 14.0 Å². The van der Waals surface area contributed by atoms with Gasteiger partial charge in [0.1, 0.15) is 5.82 Å². The van der Waals surface area contributed by atoms with Crippen molar-refractivity contribution in [2.45, 2.75) is 6.54 Å². The third kappa shape index (κ3) is 5.50. The van der Waals surface area contributed by atoms with Crippen molar-refractivity contribution in [2.75, 3.05) is 5.32 Å². The fraction of sp³-hybridized carbons (Fsp3) is 0.0385. The number of anilines is 1. The van der Waals surface area contributed by atoms with Crippen molar-refractivity contribution in [2.24, 2.45) is 0 Å². The lowest BCUT2D eigenvalue weighted by molar-refractivity contribution is -0.123. The quantitative estimate of drug-likeness (QED) is 0.199. The van der Waals surface area contributed by atoms with Gasteiger partial charge in [-0.1, -0.05) is 65.3 Å². The number of nitrogens with zero attached hydrogens (tertiary/aromatic N) is 2. The highest BCUT2D eigenvalue weighted by molar-refractivity contribution is 8.26. The number of hydrogen-bond acceptors (Lipinski definition) is 4. The minimum Gasteiger partial charge on any atom is -0.342 e. The first-order valence-electron chi connectivity index (χ1n) is 10.9. The minimum atomic E-state index is -0.660. The first-order valence-corrected chi connectivity index (χ1v) is 12.9. The summed E-state index contributed by atoms with van der Waals surface area (Å²) in [6.45, 7) is 0.534. The summed E-state index contributed by atoms with van der Waals surface area (Å²) in [5.74, 6) is -0.738. The van der Waals surface area contributed by atoms with Crippen molar-refractivity contribution in [3.8, 4) is 0 Å². The van der Waals surface area contributed by atoms with E-state index in [1.165, 1.54) is 18.2 Å². The molecule has 0 aliphatic carbocycles. The fourth-order valence-corrected chi connectivity index (χ4v) is 5.32. The van der Waals surface area contributed by atoms with E-state index in [4.69, 9.17) is 35.4 Å². The second-order valence-corrected chi connectivity index (χ2v) is 10.6. The Kier molecular flexibility index (Phi) is 7.21. The van der Waals surface area contributed by atoms with Crippen LogP contribution in [0.1, 0.15) is 11.1 Å². The van der Waals surface area contributed by atoms with Crippen molar-refractivity contribution in [3.63, 3.8) is 0 Å². The predicted octanol–water partition coefficient (Wildman–Crippen LogP) is 7.07. The number of benzene rings is 3. The van der Waals surface area contributed by atoms with E-state index >= 15 is 0 Å². The second-order valence-electron chi connectivity index (χ2n) is 8.07. The van der Waals surface area contributed by atoms with Gasteiger partial charge < -0.3 is 9.88 Å². The van der Waals surface area contributed by atoms with E-state index in [1.54, 1.807) is 30.3 Å². The number of thioether (sulfide) groups is 1. The summed E-state index contributed by atoms with van der Waals surface area (Å²) >= 11 is 18.3. The van der Waals surface area contributed by atoms with Gasteiger partial charge in [0.25, 0.3) is 5.91 Å². The van der Waals surface area contributed by atoms with Gasteiger partial charge in [-0.3, -0.25) is 4.79 Å². The molecule has 0 unspecified atom stereocenters. The molecule has 1 aliphatic rings. The van der Waals surface area contributed by atoms with Crippen LogP contribution in [0, 0.1) is 5.82 Å². The zero-order valence-corrected chi connectivity index (χ0v) is 22.0. The summed E-state index contributed by atoms with van der Waals surface area (Å²) in [6, 6.07) is 18.1. The number of carbonyl (C=O) groups is 2. The number of aromatic nitrogens is 1. The maximum absolute atomic E-state index is 13.3. The highest BCUT2D eigenvalue weighted by atomic mass is 35.5. The summed E-state index contributed by atoms with van der Waals surface area (Å²) in [6.07, 6.45) is 3.69. The van der Waals surface area contributed by atoms with Crippen LogP contribution in [-0.4, -0.2) is 25.8 Å². The Hall–Kier alpha value is -3.37. The van der Waals surface area contributed by atoms with E-state index in [-0.39, 0.29) is 15.2 Å². The number of carbonyl (C=O) groups excluding carboxylic acids is 2. The Bertz CT molecular complexity index is 1590. The van der Waals surface area contributed by atoms with Crippen LogP contribution in [-0.2, 0) is 11.3 Å². The third-order valence-corrected chi connectivity index (χ3v) is 7.60. The van der Waals surface area contributed by atoms with Crippen LogP contribution < -0.4 is 10.7 Å². The molecule has 11 heteroatoms. The number of thiocarbonyl (C=S) groups is 1. The molecule has 1 aromatic heterocycles. The van der Waals surface area contributed by atoms with E-state index in [0.717, 1.165) is 38.8 Å². The van der Waals surface area contributed by atoms with Crippen LogP contribution in [0.3, 0.4) is 0 Å². The first kappa shape index (κ1) is 25.3. The Balaban J connectivity index is 1.36. The number of urea groups is 1. The van der Waals surface area contributed by atoms with E-state index in [1.807, 2.05) is 35.0 Å². The largest absolute Gasteiger partial charge is 0.342 e. The number of amides is 3. The maximum atomic E-state index is 13.3. The van der Waals surface area contributed by atoms with E-state index < -0.39 is 11.9 Å².